The van der Waals surface area contributed by atoms with Crippen molar-refractivity contribution < 1.29 is 24.5 Å². The number of aryl methyl sites for hydroxylation is 3. The minimum atomic E-state index is 0. The molecule has 0 atom stereocenters. The third-order valence-electron chi connectivity index (χ3n) is 8.59. The molecule has 4 heterocycles. The molecule has 0 spiro atoms. The molecule has 0 aliphatic carbocycles. The van der Waals surface area contributed by atoms with Gasteiger partial charge in [-0.15, -0.1) is 54.1 Å². The fraction of sp³-hybridized carbons (Fsp3) is 0.0930. The van der Waals surface area contributed by atoms with Crippen molar-refractivity contribution in [3.63, 3.8) is 0 Å². The van der Waals surface area contributed by atoms with Crippen LogP contribution in [-0.4, -0.2) is 15.0 Å². The fourth-order valence-corrected chi connectivity index (χ4v) is 5.96. The number of furan rings is 1. The van der Waals surface area contributed by atoms with Gasteiger partial charge in [0.25, 0.3) is 0 Å². The first-order valence-corrected chi connectivity index (χ1v) is 15.7. The molecule has 237 valence electrons. The van der Waals surface area contributed by atoms with E-state index in [0.717, 1.165) is 50.1 Å². The average Bonchev–Trinajstić information content (AvgIpc) is 3.49. The van der Waals surface area contributed by atoms with Crippen LogP contribution in [0.25, 0.3) is 67.0 Å². The molecule has 0 saturated carbocycles. The first-order chi connectivity index (χ1) is 23.0. The van der Waals surface area contributed by atoms with Gasteiger partial charge in [-0.05, 0) is 85.1 Å². The van der Waals surface area contributed by atoms with Crippen molar-refractivity contribution in [1.29, 1.82) is 0 Å². The molecule has 0 saturated heterocycles. The molecule has 48 heavy (non-hydrogen) atoms. The quantitative estimate of drug-likeness (QED) is 0.166. The summed E-state index contributed by atoms with van der Waals surface area (Å²) in [6, 6.07) is 45.3. The van der Waals surface area contributed by atoms with Crippen LogP contribution in [0.15, 0.2) is 132 Å². The van der Waals surface area contributed by atoms with Crippen LogP contribution in [0.1, 0.15) is 22.3 Å². The van der Waals surface area contributed by atoms with Gasteiger partial charge in [0.15, 0.2) is 0 Å². The topological polar surface area (TPSA) is 51.8 Å². The van der Waals surface area contributed by atoms with Gasteiger partial charge < -0.3 is 14.4 Å². The second-order valence-electron chi connectivity index (χ2n) is 11.7. The molecule has 0 unspecified atom stereocenters. The summed E-state index contributed by atoms with van der Waals surface area (Å²) in [4.78, 5) is 13.9. The maximum absolute atomic E-state index is 6.38. The van der Waals surface area contributed by atoms with Crippen LogP contribution >= 0.6 is 0 Å². The molecule has 5 heteroatoms. The smallest absolute Gasteiger partial charge is 0.216 e. The van der Waals surface area contributed by atoms with E-state index >= 15 is 0 Å². The van der Waals surface area contributed by atoms with Crippen molar-refractivity contribution in [1.82, 2.24) is 15.0 Å². The zero-order valence-electron chi connectivity index (χ0n) is 27.2. The van der Waals surface area contributed by atoms with Gasteiger partial charge in [0, 0.05) is 43.4 Å². The molecular formula is C43H33IrN3O-2. The van der Waals surface area contributed by atoms with Gasteiger partial charge in [-0.1, -0.05) is 77.2 Å². The van der Waals surface area contributed by atoms with Crippen LogP contribution in [0.4, 0.5) is 0 Å². The van der Waals surface area contributed by atoms with E-state index in [0.29, 0.717) is 5.71 Å². The van der Waals surface area contributed by atoms with Gasteiger partial charge in [0.05, 0.1) is 11.3 Å². The van der Waals surface area contributed by atoms with Gasteiger partial charge >= 0.3 is 0 Å². The van der Waals surface area contributed by atoms with Crippen molar-refractivity contribution in [3.8, 4) is 44.9 Å². The number of hydrogen-bond acceptors (Lipinski definition) is 4. The first kappa shape index (κ1) is 32.7. The predicted molar refractivity (Wildman–Crippen MR) is 192 cm³/mol. The Balaban J connectivity index is 0.000000260. The molecule has 0 aliphatic rings. The maximum atomic E-state index is 6.38. The Morgan fingerprint density at radius 2 is 1.42 bits per heavy atom. The maximum Gasteiger partial charge on any atom is 0.216 e. The van der Waals surface area contributed by atoms with E-state index in [-0.39, 0.29) is 20.1 Å². The average molecular weight is 800 g/mol. The van der Waals surface area contributed by atoms with Gasteiger partial charge in [0.1, 0.15) is 0 Å². The van der Waals surface area contributed by atoms with Crippen LogP contribution in [0.5, 0.6) is 0 Å². The largest absolute Gasteiger partial charge is 0.486 e. The molecule has 4 aromatic carbocycles. The third-order valence-corrected chi connectivity index (χ3v) is 8.59. The van der Waals surface area contributed by atoms with E-state index in [9.17, 15) is 0 Å². The van der Waals surface area contributed by atoms with E-state index in [4.69, 9.17) is 9.40 Å². The molecule has 0 bridgehead atoms. The second-order valence-corrected chi connectivity index (χ2v) is 11.7. The molecular weight excluding hydrogens is 767 g/mol. The number of benzene rings is 4. The van der Waals surface area contributed by atoms with Gasteiger partial charge in [-0.3, -0.25) is 0 Å². The van der Waals surface area contributed by atoms with Crippen molar-refractivity contribution in [2.24, 2.45) is 0 Å². The SMILES string of the molecule is Cc1cnc(-c2[c-]ccc3c2oc2nc(-c4c(C)ccc(-c5ccccc5)c4C)ccc23)cc1C.[Ir].[c-]1ccccc1-c1ccccn1. The van der Waals surface area contributed by atoms with E-state index in [1.807, 2.05) is 66.9 Å². The Kier molecular flexibility index (Phi) is 9.72. The zero-order chi connectivity index (χ0) is 32.3. The Labute approximate surface area is 294 Å². The molecule has 0 fully saturated rings. The van der Waals surface area contributed by atoms with Crippen LogP contribution in [0.3, 0.4) is 0 Å². The monoisotopic (exact) mass is 800 g/mol. The van der Waals surface area contributed by atoms with Crippen molar-refractivity contribution in [2.75, 3.05) is 0 Å². The number of aromatic nitrogens is 3. The third kappa shape index (κ3) is 6.48. The van der Waals surface area contributed by atoms with Gasteiger partial charge in [-0.25, -0.2) is 4.98 Å². The number of nitrogens with zero attached hydrogens (tertiary/aromatic N) is 3. The van der Waals surface area contributed by atoms with Crippen molar-refractivity contribution in [3.05, 3.63) is 162 Å². The van der Waals surface area contributed by atoms with E-state index in [1.54, 1.807) is 6.20 Å². The van der Waals surface area contributed by atoms with Crippen LogP contribution in [0, 0.1) is 39.8 Å². The predicted octanol–water partition coefficient (Wildman–Crippen LogP) is 11.0. The molecule has 0 aliphatic heterocycles. The van der Waals surface area contributed by atoms with Gasteiger partial charge in [-0.2, -0.15) is 0 Å². The summed E-state index contributed by atoms with van der Waals surface area (Å²) in [5.74, 6) is 0. The summed E-state index contributed by atoms with van der Waals surface area (Å²) in [5.41, 5.74) is 14.4. The minimum absolute atomic E-state index is 0. The Hall–Kier alpha value is -5.22. The molecule has 8 aromatic rings. The molecule has 4 nitrogen and oxygen atoms in total. The van der Waals surface area contributed by atoms with E-state index in [2.05, 4.69) is 104 Å². The Morgan fingerprint density at radius 3 is 2.17 bits per heavy atom. The van der Waals surface area contributed by atoms with Crippen molar-refractivity contribution >= 4 is 22.1 Å². The summed E-state index contributed by atoms with van der Waals surface area (Å²) >= 11 is 0. The van der Waals surface area contributed by atoms with Gasteiger partial charge in [0.2, 0.25) is 5.71 Å². The van der Waals surface area contributed by atoms with Crippen LogP contribution < -0.4 is 0 Å². The number of hydrogen-bond donors (Lipinski definition) is 0. The molecule has 8 rings (SSSR count). The summed E-state index contributed by atoms with van der Waals surface area (Å²) in [6.07, 6.45) is 3.69. The number of rotatable bonds is 4. The second kappa shape index (κ2) is 14.3. The molecule has 4 aromatic heterocycles. The molecule has 0 N–H and O–H groups in total. The molecule has 1 radical (unpaired) electrons. The summed E-state index contributed by atoms with van der Waals surface area (Å²) in [6.45, 7) is 8.48. The normalized spacial score (nSPS) is 10.8. The minimum Gasteiger partial charge on any atom is -0.486 e. The van der Waals surface area contributed by atoms with Crippen LogP contribution in [-0.2, 0) is 20.1 Å². The van der Waals surface area contributed by atoms with E-state index in [1.165, 1.54) is 33.4 Å². The van der Waals surface area contributed by atoms with Crippen molar-refractivity contribution in [2.45, 2.75) is 27.7 Å². The Bertz CT molecular complexity index is 2300. The number of pyridine rings is 3. The summed E-state index contributed by atoms with van der Waals surface area (Å²) in [5, 5.41) is 2.02. The first-order valence-electron chi connectivity index (χ1n) is 15.7. The van der Waals surface area contributed by atoms with Crippen LogP contribution in [0.2, 0.25) is 0 Å². The number of fused-ring (bicyclic) bond motifs is 3. The summed E-state index contributed by atoms with van der Waals surface area (Å²) < 4.78 is 6.38. The fourth-order valence-electron chi connectivity index (χ4n) is 5.96. The summed E-state index contributed by atoms with van der Waals surface area (Å²) in [7, 11) is 0. The Morgan fingerprint density at radius 1 is 0.604 bits per heavy atom. The zero-order valence-corrected chi connectivity index (χ0v) is 29.6. The standard InChI is InChI=1S/C32H25N2O.C11H8N.Ir/c1-19-13-14-24(23-9-6-5-7-10-23)22(4)30(19)28-16-15-26-25-11-8-12-27(31(25)35-32(26)34-28)29-17-20(2)21(3)18-33-29;1-2-6-10(7-3-1)11-8-4-5-9-12-11;/h5-11,13-18H,1-4H3;1-6,8-9H;/q2*-1;. The van der Waals surface area contributed by atoms with E-state index < -0.39 is 0 Å². The molecule has 0 amide bonds.